The van der Waals surface area contributed by atoms with Gasteiger partial charge in [0.15, 0.2) is 24.8 Å². The first kappa shape index (κ1) is 24.8. The molecule has 2 aliphatic heterocycles. The fraction of sp³-hybridized carbons (Fsp3) is 0.440. The zero-order valence-corrected chi connectivity index (χ0v) is 20.3. The van der Waals surface area contributed by atoms with Gasteiger partial charge in [-0.1, -0.05) is 0 Å². The van der Waals surface area contributed by atoms with E-state index in [1.807, 2.05) is 0 Å². The predicted octanol–water partition coefficient (Wildman–Crippen LogP) is 1.40. The van der Waals surface area contributed by atoms with E-state index in [2.05, 4.69) is 20.9 Å². The highest BCUT2D eigenvalue weighted by Gasteiger charge is 2.34. The van der Waals surface area contributed by atoms with Crippen LogP contribution >= 0.6 is 0 Å². The number of pyridine rings is 1. The summed E-state index contributed by atoms with van der Waals surface area (Å²) < 4.78 is 30.8. The fourth-order valence-corrected chi connectivity index (χ4v) is 4.73. The van der Waals surface area contributed by atoms with Crippen molar-refractivity contribution in [3.63, 3.8) is 0 Å². The first-order valence-corrected chi connectivity index (χ1v) is 12.2. The second-order valence-corrected chi connectivity index (χ2v) is 9.24. The molecule has 3 aliphatic rings. The standard InChI is InChI=1S/C25H28FN5O6/c1-27-22(32)12-35-17-8-15-6-14(7-18(15)19(26)9-17)10-28-5-4-16-11-31(25(34)37-16)21-3-2-20-24(29-21)30-23(33)13-36-20/h2-3,8-9,14,16,28H,4-7,10-13H2,1H3,(H,27,32)(H,29,30,33). The van der Waals surface area contributed by atoms with Gasteiger partial charge in [-0.2, -0.15) is 0 Å². The van der Waals surface area contributed by atoms with Gasteiger partial charge in [-0.15, -0.1) is 0 Å². The Labute approximate surface area is 212 Å². The van der Waals surface area contributed by atoms with Crippen LogP contribution in [0.1, 0.15) is 17.5 Å². The van der Waals surface area contributed by atoms with Gasteiger partial charge in [-0.3, -0.25) is 14.5 Å². The summed E-state index contributed by atoms with van der Waals surface area (Å²) in [6.45, 7) is 1.45. The van der Waals surface area contributed by atoms with E-state index in [4.69, 9.17) is 14.2 Å². The quantitative estimate of drug-likeness (QED) is 0.429. The number of rotatable bonds is 9. The van der Waals surface area contributed by atoms with Crippen LogP contribution in [0.2, 0.25) is 0 Å². The van der Waals surface area contributed by atoms with E-state index in [0.717, 1.165) is 5.56 Å². The average molecular weight is 514 g/mol. The second-order valence-electron chi connectivity index (χ2n) is 9.24. The molecule has 11 nitrogen and oxygen atoms in total. The summed E-state index contributed by atoms with van der Waals surface area (Å²) in [4.78, 5) is 41.1. The summed E-state index contributed by atoms with van der Waals surface area (Å²) in [5.41, 5.74) is 1.59. The molecule has 0 spiro atoms. The first-order chi connectivity index (χ1) is 17.9. The van der Waals surface area contributed by atoms with Crippen molar-refractivity contribution in [1.82, 2.24) is 15.6 Å². The summed E-state index contributed by atoms with van der Waals surface area (Å²) in [5.74, 6) is 0.821. The van der Waals surface area contributed by atoms with Crippen molar-refractivity contribution in [2.75, 3.05) is 50.1 Å². The van der Waals surface area contributed by atoms with Crippen molar-refractivity contribution < 1.29 is 33.0 Å². The number of hydrogen-bond acceptors (Lipinski definition) is 8. The zero-order valence-electron chi connectivity index (χ0n) is 20.3. The Morgan fingerprint density at radius 2 is 2.16 bits per heavy atom. The van der Waals surface area contributed by atoms with Gasteiger partial charge in [0.25, 0.3) is 11.8 Å². The minimum absolute atomic E-state index is 0.0642. The molecule has 12 heteroatoms. The summed E-state index contributed by atoms with van der Waals surface area (Å²) in [6.07, 6.45) is 1.16. The molecule has 1 fully saturated rings. The number of amides is 3. The van der Waals surface area contributed by atoms with E-state index in [1.54, 1.807) is 18.2 Å². The third kappa shape index (κ3) is 5.58. The van der Waals surface area contributed by atoms with Crippen molar-refractivity contribution in [2.24, 2.45) is 5.92 Å². The summed E-state index contributed by atoms with van der Waals surface area (Å²) in [6, 6.07) is 6.46. The van der Waals surface area contributed by atoms with Gasteiger partial charge in [0.2, 0.25) is 0 Å². The van der Waals surface area contributed by atoms with E-state index in [0.29, 0.717) is 61.8 Å². The third-order valence-corrected chi connectivity index (χ3v) is 6.60. The number of benzene rings is 1. The van der Waals surface area contributed by atoms with Crippen molar-refractivity contribution in [2.45, 2.75) is 25.4 Å². The van der Waals surface area contributed by atoms with Gasteiger partial charge in [0, 0.05) is 13.1 Å². The Morgan fingerprint density at radius 1 is 1.30 bits per heavy atom. The second kappa shape index (κ2) is 10.6. The molecule has 1 saturated heterocycles. The number of anilines is 2. The van der Waals surface area contributed by atoms with Gasteiger partial charge < -0.3 is 30.2 Å². The molecule has 0 saturated carbocycles. The highest BCUT2D eigenvalue weighted by molar-refractivity contribution is 5.95. The van der Waals surface area contributed by atoms with E-state index in [9.17, 15) is 18.8 Å². The molecular formula is C25H28FN5O6. The molecule has 37 heavy (non-hydrogen) atoms. The van der Waals surface area contributed by atoms with Crippen molar-refractivity contribution in [3.05, 3.63) is 41.2 Å². The van der Waals surface area contributed by atoms with E-state index in [1.165, 1.54) is 18.0 Å². The number of ether oxygens (including phenoxy) is 3. The number of halogens is 1. The SMILES string of the molecule is CNC(=O)COc1cc(F)c2c(c1)CC(CNCCC1CN(c3ccc4c(n3)NC(=O)CO4)C(=O)O1)C2. The lowest BCUT2D eigenvalue weighted by molar-refractivity contribution is -0.122. The molecule has 5 rings (SSSR count). The zero-order chi connectivity index (χ0) is 25.9. The van der Waals surface area contributed by atoms with Crippen LogP contribution in [-0.2, 0) is 27.2 Å². The summed E-state index contributed by atoms with van der Waals surface area (Å²) in [7, 11) is 1.52. The Hall–Kier alpha value is -3.93. The number of nitrogens with zero attached hydrogens (tertiary/aromatic N) is 2. The smallest absolute Gasteiger partial charge is 0.415 e. The highest BCUT2D eigenvalue weighted by Crippen LogP contribution is 2.33. The van der Waals surface area contributed by atoms with Crippen LogP contribution in [0.4, 0.5) is 20.8 Å². The van der Waals surface area contributed by atoms with Gasteiger partial charge in [-0.25, -0.2) is 14.2 Å². The topological polar surface area (TPSA) is 131 Å². The van der Waals surface area contributed by atoms with Crippen molar-refractivity contribution in [3.8, 4) is 11.5 Å². The van der Waals surface area contributed by atoms with E-state index < -0.39 is 6.09 Å². The molecule has 2 atom stereocenters. The maximum Gasteiger partial charge on any atom is 0.415 e. The first-order valence-electron chi connectivity index (χ1n) is 12.2. The highest BCUT2D eigenvalue weighted by atomic mass is 19.1. The number of aromatic nitrogens is 1. The average Bonchev–Trinajstić information content (AvgIpc) is 3.47. The van der Waals surface area contributed by atoms with Crippen LogP contribution < -0.4 is 30.3 Å². The Kier molecular flexibility index (Phi) is 7.08. The maximum atomic E-state index is 14.6. The minimum atomic E-state index is -0.489. The van der Waals surface area contributed by atoms with Gasteiger partial charge in [0.05, 0.1) is 6.54 Å². The minimum Gasteiger partial charge on any atom is -0.484 e. The van der Waals surface area contributed by atoms with Gasteiger partial charge in [0.1, 0.15) is 23.5 Å². The normalized spacial score (nSPS) is 20.0. The molecule has 0 bridgehead atoms. The number of carbonyl (C=O) groups excluding carboxylic acids is 3. The lowest BCUT2D eigenvalue weighted by Gasteiger charge is -2.19. The Balaban J connectivity index is 1.08. The molecule has 3 amide bonds. The molecule has 196 valence electrons. The van der Waals surface area contributed by atoms with Crippen LogP contribution in [0.15, 0.2) is 24.3 Å². The maximum absolute atomic E-state index is 14.6. The van der Waals surface area contributed by atoms with Gasteiger partial charge in [-0.05, 0) is 67.6 Å². The summed E-state index contributed by atoms with van der Waals surface area (Å²) in [5, 5.41) is 8.49. The monoisotopic (exact) mass is 513 g/mol. The van der Waals surface area contributed by atoms with Crippen LogP contribution in [-0.4, -0.2) is 68.9 Å². The fourth-order valence-electron chi connectivity index (χ4n) is 4.73. The number of cyclic esters (lactones) is 1. The van der Waals surface area contributed by atoms with Crippen LogP contribution in [0.3, 0.4) is 0 Å². The lowest BCUT2D eigenvalue weighted by atomic mass is 10.1. The number of fused-ring (bicyclic) bond motifs is 2. The Morgan fingerprint density at radius 3 is 3.00 bits per heavy atom. The number of hydrogen-bond donors (Lipinski definition) is 3. The van der Waals surface area contributed by atoms with Crippen LogP contribution in [0.5, 0.6) is 11.5 Å². The Bertz CT molecular complexity index is 1220. The molecule has 0 radical (unpaired) electrons. The number of nitrogens with one attached hydrogen (secondary N) is 3. The van der Waals surface area contributed by atoms with Crippen LogP contribution in [0, 0.1) is 11.7 Å². The molecule has 3 heterocycles. The molecule has 1 aromatic carbocycles. The third-order valence-electron chi connectivity index (χ3n) is 6.60. The number of likely N-dealkylation sites (N-methyl/N-ethyl adjacent to an activating group) is 1. The largest absolute Gasteiger partial charge is 0.484 e. The van der Waals surface area contributed by atoms with Crippen molar-refractivity contribution >= 4 is 29.5 Å². The molecule has 3 N–H and O–H groups in total. The van der Waals surface area contributed by atoms with E-state index >= 15 is 0 Å². The van der Waals surface area contributed by atoms with E-state index in [-0.39, 0.29) is 48.7 Å². The molecule has 2 unspecified atom stereocenters. The lowest BCUT2D eigenvalue weighted by Crippen LogP contribution is -2.30. The molecule has 1 aromatic heterocycles. The number of carbonyl (C=O) groups is 3. The predicted molar refractivity (Wildman–Crippen MR) is 130 cm³/mol. The molecular weight excluding hydrogens is 485 g/mol. The van der Waals surface area contributed by atoms with Crippen molar-refractivity contribution in [1.29, 1.82) is 0 Å². The van der Waals surface area contributed by atoms with Crippen LogP contribution in [0.25, 0.3) is 0 Å². The summed E-state index contributed by atoms with van der Waals surface area (Å²) >= 11 is 0. The molecule has 1 aliphatic carbocycles. The van der Waals surface area contributed by atoms with Gasteiger partial charge >= 0.3 is 6.09 Å². The molecule has 2 aromatic rings.